The van der Waals surface area contributed by atoms with Crippen LogP contribution in [0.15, 0.2) is 35.3 Å². The topological polar surface area (TPSA) is 64.2 Å². The van der Waals surface area contributed by atoms with E-state index in [1.54, 1.807) is 17.8 Å². The second-order valence-electron chi connectivity index (χ2n) is 6.97. The molecule has 1 saturated heterocycles. The molecule has 24 heavy (non-hydrogen) atoms. The molecule has 126 valence electrons. The Morgan fingerprint density at radius 2 is 2.00 bits per heavy atom. The van der Waals surface area contributed by atoms with Crippen molar-refractivity contribution >= 4 is 28.5 Å². The van der Waals surface area contributed by atoms with E-state index in [2.05, 4.69) is 34.1 Å². The average molecular weight is 436 g/mol. The Bertz CT molecular complexity index is 839. The standard InChI is InChI=1S/C18H21IN4O/c1-22-16(24)14(19)11-21-17(22)23-8-6-18(7-9-23)10-12-4-2-3-5-13(12)15(18)20/h2-5,11,15H,6-10,20H2,1H3/t15-/m1/s1. The van der Waals surface area contributed by atoms with Crippen LogP contribution in [-0.4, -0.2) is 22.6 Å². The molecule has 1 aliphatic heterocycles. The average Bonchev–Trinajstić information content (AvgIpc) is 2.87. The minimum Gasteiger partial charge on any atom is -0.342 e. The number of benzene rings is 1. The summed E-state index contributed by atoms with van der Waals surface area (Å²) in [4.78, 5) is 18.9. The van der Waals surface area contributed by atoms with E-state index in [1.165, 1.54) is 11.1 Å². The first-order valence-electron chi connectivity index (χ1n) is 8.32. The first-order chi connectivity index (χ1) is 11.5. The Hall–Kier alpha value is -1.41. The molecule has 0 unspecified atom stereocenters. The fourth-order valence-corrected chi connectivity index (χ4v) is 4.76. The number of hydrogen-bond acceptors (Lipinski definition) is 4. The summed E-state index contributed by atoms with van der Waals surface area (Å²) in [6.07, 6.45) is 4.80. The third kappa shape index (κ3) is 2.38. The molecule has 1 aromatic carbocycles. The van der Waals surface area contributed by atoms with Crippen LogP contribution in [0.1, 0.15) is 30.0 Å². The minimum absolute atomic E-state index is 0.0193. The van der Waals surface area contributed by atoms with Gasteiger partial charge in [-0.15, -0.1) is 0 Å². The molecule has 1 aliphatic carbocycles. The predicted octanol–water partition coefficient (Wildman–Crippen LogP) is 2.23. The Morgan fingerprint density at radius 1 is 1.29 bits per heavy atom. The first kappa shape index (κ1) is 16.1. The molecule has 2 aliphatic rings. The molecule has 4 rings (SSSR count). The molecule has 1 spiro atoms. The molecule has 1 fully saturated rings. The van der Waals surface area contributed by atoms with Crippen molar-refractivity contribution < 1.29 is 0 Å². The SMILES string of the molecule is Cn1c(N2CCC3(CC2)Cc2ccccc2[C@H]3N)ncc(I)c1=O. The lowest BCUT2D eigenvalue weighted by Crippen LogP contribution is -2.46. The lowest BCUT2D eigenvalue weighted by molar-refractivity contribution is 0.186. The van der Waals surface area contributed by atoms with Crippen LogP contribution < -0.4 is 16.2 Å². The fraction of sp³-hybridized carbons (Fsp3) is 0.444. The van der Waals surface area contributed by atoms with Gasteiger partial charge in [-0.2, -0.15) is 0 Å². The molecule has 2 aromatic rings. The Kier molecular flexibility index (Phi) is 3.91. The van der Waals surface area contributed by atoms with E-state index < -0.39 is 0 Å². The Labute approximate surface area is 155 Å². The quantitative estimate of drug-likeness (QED) is 0.697. The van der Waals surface area contributed by atoms with E-state index in [0.717, 1.165) is 38.3 Å². The van der Waals surface area contributed by atoms with Gasteiger partial charge in [-0.3, -0.25) is 9.36 Å². The third-order valence-corrected chi connectivity index (χ3v) is 6.48. The fourth-order valence-electron chi connectivity index (χ4n) is 4.26. The van der Waals surface area contributed by atoms with Gasteiger partial charge < -0.3 is 10.6 Å². The zero-order valence-electron chi connectivity index (χ0n) is 13.7. The smallest absolute Gasteiger partial charge is 0.268 e. The van der Waals surface area contributed by atoms with E-state index in [1.807, 2.05) is 22.6 Å². The highest BCUT2D eigenvalue weighted by Crippen LogP contribution is 2.50. The maximum Gasteiger partial charge on any atom is 0.268 e. The van der Waals surface area contributed by atoms with Crippen molar-refractivity contribution in [1.29, 1.82) is 0 Å². The van der Waals surface area contributed by atoms with Crippen LogP contribution in [-0.2, 0) is 13.5 Å². The number of nitrogens with two attached hydrogens (primary N) is 1. The van der Waals surface area contributed by atoms with E-state index in [4.69, 9.17) is 5.73 Å². The van der Waals surface area contributed by atoms with Gasteiger partial charge in [0.1, 0.15) is 0 Å². The van der Waals surface area contributed by atoms with Gasteiger partial charge in [-0.1, -0.05) is 24.3 Å². The highest BCUT2D eigenvalue weighted by atomic mass is 127. The van der Waals surface area contributed by atoms with Gasteiger partial charge in [0, 0.05) is 32.4 Å². The molecule has 1 atom stereocenters. The van der Waals surface area contributed by atoms with Crippen molar-refractivity contribution in [3.05, 3.63) is 55.5 Å². The van der Waals surface area contributed by atoms with Crippen LogP contribution in [0.3, 0.4) is 0 Å². The summed E-state index contributed by atoms with van der Waals surface area (Å²) in [7, 11) is 1.80. The highest BCUT2D eigenvalue weighted by molar-refractivity contribution is 14.1. The second-order valence-corrected chi connectivity index (χ2v) is 8.14. The summed E-state index contributed by atoms with van der Waals surface area (Å²) in [5.74, 6) is 0.763. The summed E-state index contributed by atoms with van der Waals surface area (Å²) in [6, 6.07) is 8.68. The molecule has 2 N–H and O–H groups in total. The second kappa shape index (κ2) is 5.84. The van der Waals surface area contributed by atoms with Gasteiger partial charge in [0.2, 0.25) is 5.95 Å². The number of aromatic nitrogens is 2. The summed E-state index contributed by atoms with van der Waals surface area (Å²) in [6.45, 7) is 1.78. The number of hydrogen-bond donors (Lipinski definition) is 1. The van der Waals surface area contributed by atoms with Gasteiger partial charge in [-0.05, 0) is 58.4 Å². The number of rotatable bonds is 1. The van der Waals surface area contributed by atoms with Crippen molar-refractivity contribution in [2.24, 2.45) is 18.2 Å². The molecule has 0 saturated carbocycles. The monoisotopic (exact) mass is 436 g/mol. The normalized spacial score (nSPS) is 22.0. The maximum absolute atomic E-state index is 12.2. The lowest BCUT2D eigenvalue weighted by atomic mass is 9.73. The molecule has 0 amide bonds. The van der Waals surface area contributed by atoms with E-state index in [-0.39, 0.29) is 17.0 Å². The van der Waals surface area contributed by atoms with Crippen LogP contribution in [0, 0.1) is 8.99 Å². The number of anilines is 1. The van der Waals surface area contributed by atoms with Crippen molar-refractivity contribution in [3.8, 4) is 0 Å². The summed E-state index contributed by atoms with van der Waals surface area (Å²) in [5, 5.41) is 0. The van der Waals surface area contributed by atoms with Gasteiger partial charge in [-0.25, -0.2) is 4.98 Å². The molecular weight excluding hydrogens is 415 g/mol. The van der Waals surface area contributed by atoms with Crippen molar-refractivity contribution in [1.82, 2.24) is 9.55 Å². The molecule has 6 heteroatoms. The highest BCUT2D eigenvalue weighted by Gasteiger charge is 2.46. The summed E-state index contributed by atoms with van der Waals surface area (Å²) in [5.41, 5.74) is 9.51. The molecule has 0 bridgehead atoms. The van der Waals surface area contributed by atoms with Crippen LogP contribution in [0.4, 0.5) is 5.95 Å². The van der Waals surface area contributed by atoms with Crippen molar-refractivity contribution in [2.75, 3.05) is 18.0 Å². The number of fused-ring (bicyclic) bond motifs is 1. The molecule has 0 radical (unpaired) electrons. The van der Waals surface area contributed by atoms with E-state index in [0.29, 0.717) is 3.57 Å². The maximum atomic E-state index is 12.2. The van der Waals surface area contributed by atoms with E-state index >= 15 is 0 Å². The van der Waals surface area contributed by atoms with E-state index in [9.17, 15) is 4.79 Å². The van der Waals surface area contributed by atoms with Crippen molar-refractivity contribution in [3.63, 3.8) is 0 Å². The number of nitrogens with zero attached hydrogens (tertiary/aromatic N) is 3. The predicted molar refractivity (Wildman–Crippen MR) is 103 cm³/mol. The molecule has 1 aromatic heterocycles. The molecule has 5 nitrogen and oxygen atoms in total. The van der Waals surface area contributed by atoms with Crippen LogP contribution in [0.2, 0.25) is 0 Å². The largest absolute Gasteiger partial charge is 0.342 e. The van der Waals surface area contributed by atoms with Crippen LogP contribution >= 0.6 is 22.6 Å². The zero-order chi connectivity index (χ0) is 16.9. The Morgan fingerprint density at radius 3 is 2.71 bits per heavy atom. The number of halogens is 1. The first-order valence-corrected chi connectivity index (χ1v) is 9.40. The molecule has 2 heterocycles. The third-order valence-electron chi connectivity index (χ3n) is 5.74. The van der Waals surface area contributed by atoms with Crippen LogP contribution in [0.5, 0.6) is 0 Å². The van der Waals surface area contributed by atoms with Gasteiger partial charge in [0.05, 0.1) is 3.57 Å². The number of piperidine rings is 1. The summed E-state index contributed by atoms with van der Waals surface area (Å²) >= 11 is 2.04. The summed E-state index contributed by atoms with van der Waals surface area (Å²) < 4.78 is 2.31. The van der Waals surface area contributed by atoms with Crippen LogP contribution in [0.25, 0.3) is 0 Å². The van der Waals surface area contributed by atoms with Crippen molar-refractivity contribution in [2.45, 2.75) is 25.3 Å². The zero-order valence-corrected chi connectivity index (χ0v) is 15.9. The Balaban J connectivity index is 1.56. The van der Waals surface area contributed by atoms with Gasteiger partial charge in [0.15, 0.2) is 0 Å². The lowest BCUT2D eigenvalue weighted by Gasteiger charge is -2.42. The minimum atomic E-state index is 0.0193. The van der Waals surface area contributed by atoms with Gasteiger partial charge in [0.25, 0.3) is 5.56 Å². The van der Waals surface area contributed by atoms with Gasteiger partial charge >= 0.3 is 0 Å². The molecular formula is C18H21IN4O.